The number of methoxy groups -OCH3 is 1. The molecular weight excluding hydrogens is 458 g/mol. The Morgan fingerprint density at radius 3 is 2.42 bits per heavy atom. The largest absolute Gasteiger partial charge is 0.497 e. The quantitative estimate of drug-likeness (QED) is 0.493. The second-order valence-electron chi connectivity index (χ2n) is 8.76. The van der Waals surface area contributed by atoms with Crippen molar-refractivity contribution in [3.63, 3.8) is 0 Å². The van der Waals surface area contributed by atoms with E-state index in [1.807, 2.05) is 54.6 Å². The van der Waals surface area contributed by atoms with E-state index in [2.05, 4.69) is 33.3 Å². The summed E-state index contributed by atoms with van der Waals surface area (Å²) in [6.45, 7) is 4.18. The van der Waals surface area contributed by atoms with Crippen LogP contribution in [0.2, 0.25) is 0 Å². The van der Waals surface area contributed by atoms with Gasteiger partial charge in [0.1, 0.15) is 11.5 Å². The highest BCUT2D eigenvalue weighted by atomic mass is 16.7. The summed E-state index contributed by atoms with van der Waals surface area (Å²) in [4.78, 5) is 17.4. The van der Waals surface area contributed by atoms with Crippen LogP contribution in [0.4, 0.5) is 5.69 Å². The number of carbonyl (C=O) groups excluding carboxylic acids is 1. The molecule has 0 spiro atoms. The third-order valence-electron chi connectivity index (χ3n) is 6.58. The lowest BCUT2D eigenvalue weighted by molar-refractivity contribution is -0.123. The van der Waals surface area contributed by atoms with E-state index in [1.54, 1.807) is 7.11 Å². The lowest BCUT2D eigenvalue weighted by atomic mass is 10.0. The Kier molecular flexibility index (Phi) is 7.42. The molecule has 2 aliphatic heterocycles. The molecule has 0 radical (unpaired) electrons. The number of hydrogen-bond acceptors (Lipinski definition) is 7. The molecule has 8 heteroatoms. The Hall–Kier alpha value is -3.91. The zero-order valence-electron chi connectivity index (χ0n) is 20.4. The number of hydrogen-bond donors (Lipinski definition) is 1. The number of benzene rings is 3. The molecule has 2 heterocycles. The van der Waals surface area contributed by atoms with Crippen LogP contribution in [0.1, 0.15) is 11.6 Å². The number of rotatable bonds is 9. The Morgan fingerprint density at radius 2 is 1.67 bits per heavy atom. The first-order chi connectivity index (χ1) is 17.7. The van der Waals surface area contributed by atoms with Crippen LogP contribution in [-0.2, 0) is 4.79 Å². The van der Waals surface area contributed by atoms with Gasteiger partial charge in [-0.1, -0.05) is 24.3 Å². The second kappa shape index (κ2) is 11.2. The van der Waals surface area contributed by atoms with Gasteiger partial charge in [-0.25, -0.2) is 0 Å². The van der Waals surface area contributed by atoms with Gasteiger partial charge in [-0.15, -0.1) is 0 Å². The first-order valence-corrected chi connectivity index (χ1v) is 12.2. The molecular formula is C28H31N3O5. The molecule has 8 nitrogen and oxygen atoms in total. The average Bonchev–Trinajstić information content (AvgIpc) is 3.41. The Labute approximate surface area is 211 Å². The molecule has 1 amide bonds. The summed E-state index contributed by atoms with van der Waals surface area (Å²) in [5.41, 5.74) is 2.27. The van der Waals surface area contributed by atoms with Crippen molar-refractivity contribution >= 4 is 11.6 Å². The fourth-order valence-electron chi connectivity index (χ4n) is 4.59. The summed E-state index contributed by atoms with van der Waals surface area (Å²) in [6.07, 6.45) is 0. The van der Waals surface area contributed by atoms with Gasteiger partial charge in [0.25, 0.3) is 5.91 Å². The lowest BCUT2D eigenvalue weighted by Crippen LogP contribution is -2.50. The Morgan fingerprint density at radius 1 is 0.917 bits per heavy atom. The standard InChI is InChI=1S/C28H31N3O5/c1-33-23-10-8-22(9-11-23)30-13-15-31(16-14-30)25(21-7-12-26-27(17-21)36-20-35-26)18-29-28(32)19-34-24-5-3-2-4-6-24/h2-12,17,25H,13-16,18-20H2,1H3,(H,29,32)/t25-/m0/s1. The van der Waals surface area contributed by atoms with Crippen molar-refractivity contribution in [1.29, 1.82) is 0 Å². The molecule has 0 aliphatic carbocycles. The summed E-state index contributed by atoms with van der Waals surface area (Å²) in [6, 6.07) is 23.5. The van der Waals surface area contributed by atoms with Crippen molar-refractivity contribution < 1.29 is 23.7 Å². The molecule has 3 aromatic rings. The van der Waals surface area contributed by atoms with E-state index in [4.69, 9.17) is 18.9 Å². The predicted octanol–water partition coefficient (Wildman–Crippen LogP) is 3.48. The summed E-state index contributed by atoms with van der Waals surface area (Å²) < 4.78 is 22.0. The van der Waals surface area contributed by atoms with Gasteiger partial charge in [0.2, 0.25) is 6.79 Å². The molecule has 3 aromatic carbocycles. The van der Waals surface area contributed by atoms with E-state index in [9.17, 15) is 4.79 Å². The SMILES string of the molecule is COc1ccc(N2CCN([C@@H](CNC(=O)COc3ccccc3)c3ccc4c(c3)OCO4)CC2)cc1. The number of ether oxygens (including phenoxy) is 4. The van der Waals surface area contributed by atoms with E-state index in [0.29, 0.717) is 12.3 Å². The van der Waals surface area contributed by atoms with Crippen molar-refractivity contribution in [3.05, 3.63) is 78.4 Å². The van der Waals surface area contributed by atoms with Gasteiger partial charge < -0.3 is 29.2 Å². The van der Waals surface area contributed by atoms with Crippen LogP contribution in [0.3, 0.4) is 0 Å². The number of fused-ring (bicyclic) bond motifs is 1. The molecule has 188 valence electrons. The Bertz CT molecular complexity index is 1150. The monoisotopic (exact) mass is 489 g/mol. The number of para-hydroxylation sites is 1. The Balaban J connectivity index is 1.24. The van der Waals surface area contributed by atoms with E-state index in [1.165, 1.54) is 5.69 Å². The van der Waals surface area contributed by atoms with Crippen LogP contribution < -0.4 is 29.2 Å². The molecule has 0 aromatic heterocycles. The lowest BCUT2D eigenvalue weighted by Gasteiger charge is -2.40. The molecule has 1 atom stereocenters. The van der Waals surface area contributed by atoms with E-state index >= 15 is 0 Å². The highest BCUT2D eigenvalue weighted by molar-refractivity contribution is 5.77. The fourth-order valence-corrected chi connectivity index (χ4v) is 4.59. The predicted molar refractivity (Wildman–Crippen MR) is 137 cm³/mol. The van der Waals surface area contributed by atoms with Gasteiger partial charge in [0.05, 0.1) is 13.2 Å². The minimum absolute atomic E-state index is 0.00167. The molecule has 1 N–H and O–H groups in total. The van der Waals surface area contributed by atoms with Crippen LogP contribution in [0.25, 0.3) is 0 Å². The fraction of sp³-hybridized carbons (Fsp3) is 0.321. The van der Waals surface area contributed by atoms with Gasteiger partial charge in [-0.2, -0.15) is 0 Å². The normalized spacial score (nSPS) is 15.9. The molecule has 1 saturated heterocycles. The number of carbonyl (C=O) groups is 1. The topological polar surface area (TPSA) is 72.5 Å². The molecule has 0 unspecified atom stereocenters. The van der Waals surface area contributed by atoms with Crippen molar-refractivity contribution in [2.45, 2.75) is 6.04 Å². The number of nitrogens with zero attached hydrogens (tertiary/aromatic N) is 2. The van der Waals surface area contributed by atoms with E-state index in [-0.39, 0.29) is 25.3 Å². The maximum absolute atomic E-state index is 12.6. The summed E-state index contributed by atoms with van der Waals surface area (Å²) >= 11 is 0. The number of nitrogens with one attached hydrogen (secondary N) is 1. The van der Waals surface area contributed by atoms with Crippen molar-refractivity contribution in [1.82, 2.24) is 10.2 Å². The van der Waals surface area contributed by atoms with Crippen molar-refractivity contribution in [2.75, 3.05) is 58.1 Å². The van der Waals surface area contributed by atoms with Crippen molar-refractivity contribution in [2.24, 2.45) is 0 Å². The number of anilines is 1. The maximum Gasteiger partial charge on any atom is 0.258 e. The summed E-state index contributed by atoms with van der Waals surface area (Å²) in [7, 11) is 1.68. The first kappa shape index (κ1) is 23.8. The smallest absolute Gasteiger partial charge is 0.258 e. The van der Waals surface area contributed by atoms with E-state index < -0.39 is 0 Å². The third kappa shape index (κ3) is 5.66. The highest BCUT2D eigenvalue weighted by Gasteiger charge is 2.27. The maximum atomic E-state index is 12.6. The molecule has 5 rings (SSSR count). The van der Waals surface area contributed by atoms with Crippen LogP contribution in [0.5, 0.6) is 23.0 Å². The van der Waals surface area contributed by atoms with Gasteiger partial charge in [0.15, 0.2) is 18.1 Å². The minimum Gasteiger partial charge on any atom is -0.497 e. The first-order valence-electron chi connectivity index (χ1n) is 12.2. The van der Waals surface area contributed by atoms with Gasteiger partial charge in [-0.05, 0) is 54.1 Å². The van der Waals surface area contributed by atoms with Gasteiger partial charge in [-0.3, -0.25) is 9.69 Å². The average molecular weight is 490 g/mol. The van der Waals surface area contributed by atoms with Crippen LogP contribution in [0.15, 0.2) is 72.8 Å². The minimum atomic E-state index is -0.151. The van der Waals surface area contributed by atoms with Gasteiger partial charge >= 0.3 is 0 Å². The van der Waals surface area contributed by atoms with Crippen LogP contribution >= 0.6 is 0 Å². The number of amides is 1. The zero-order chi connectivity index (χ0) is 24.7. The van der Waals surface area contributed by atoms with Gasteiger partial charge in [0, 0.05) is 38.4 Å². The van der Waals surface area contributed by atoms with E-state index in [0.717, 1.165) is 49.0 Å². The second-order valence-corrected chi connectivity index (χ2v) is 8.76. The number of piperazine rings is 1. The molecule has 1 fully saturated rings. The molecule has 0 bridgehead atoms. The third-order valence-corrected chi connectivity index (χ3v) is 6.58. The zero-order valence-corrected chi connectivity index (χ0v) is 20.4. The summed E-state index contributed by atoms with van der Waals surface area (Å²) in [5.74, 6) is 2.87. The molecule has 36 heavy (non-hydrogen) atoms. The summed E-state index contributed by atoms with van der Waals surface area (Å²) in [5, 5.41) is 3.07. The molecule has 0 saturated carbocycles. The van der Waals surface area contributed by atoms with Crippen LogP contribution in [0, 0.1) is 0 Å². The van der Waals surface area contributed by atoms with Crippen molar-refractivity contribution in [3.8, 4) is 23.0 Å². The highest BCUT2D eigenvalue weighted by Crippen LogP contribution is 2.36. The molecule has 2 aliphatic rings. The van der Waals surface area contributed by atoms with Crippen LogP contribution in [-0.4, -0.2) is 64.0 Å².